The Hall–Kier alpha value is -1.05. The van der Waals surface area contributed by atoms with Gasteiger partial charge in [0, 0.05) is 12.0 Å². The van der Waals surface area contributed by atoms with Crippen molar-refractivity contribution in [3.63, 3.8) is 0 Å². The normalized spacial score (nSPS) is 40.8. The highest BCUT2D eigenvalue weighted by Crippen LogP contribution is 2.67. The largest absolute Gasteiger partial charge is 0.459 e. The molecule has 0 aromatic heterocycles. The summed E-state index contributed by atoms with van der Waals surface area (Å²) in [5.74, 6) is 5.11. The molecule has 0 aliphatic heterocycles. The zero-order chi connectivity index (χ0) is 24.7. The highest BCUT2D eigenvalue weighted by molar-refractivity contribution is 5.87. The molecule has 2 heteroatoms. The van der Waals surface area contributed by atoms with Crippen molar-refractivity contribution in [3.8, 4) is 0 Å². The second-order valence-corrected chi connectivity index (χ2v) is 13.5. The summed E-state index contributed by atoms with van der Waals surface area (Å²) in [6.07, 6.45) is 18.9. The van der Waals surface area contributed by atoms with Crippen molar-refractivity contribution in [2.75, 3.05) is 0 Å². The van der Waals surface area contributed by atoms with Crippen LogP contribution in [0.3, 0.4) is 0 Å². The van der Waals surface area contributed by atoms with Crippen LogP contribution >= 0.6 is 0 Å². The van der Waals surface area contributed by atoms with Crippen LogP contribution < -0.4 is 0 Å². The van der Waals surface area contributed by atoms with Crippen molar-refractivity contribution >= 4 is 5.97 Å². The predicted molar refractivity (Wildman–Crippen MR) is 142 cm³/mol. The third-order valence-corrected chi connectivity index (χ3v) is 11.3. The molecule has 192 valence electrons. The SMILES string of the molecule is CC=C(C)C(=O)OC1CCC2(C)C(=CCC3C2CCC2(C)C(C(C)CCCC(C)C)CCC32)C1. The summed E-state index contributed by atoms with van der Waals surface area (Å²) in [7, 11) is 0. The van der Waals surface area contributed by atoms with E-state index in [1.165, 1.54) is 57.8 Å². The van der Waals surface area contributed by atoms with Crippen LogP contribution in [0.1, 0.15) is 119 Å². The summed E-state index contributed by atoms with van der Waals surface area (Å²) in [4.78, 5) is 12.3. The number of esters is 1. The highest BCUT2D eigenvalue weighted by Gasteiger charge is 2.59. The Bertz CT molecular complexity index is 806. The van der Waals surface area contributed by atoms with Crippen molar-refractivity contribution in [2.24, 2.45) is 46.3 Å². The van der Waals surface area contributed by atoms with Gasteiger partial charge in [-0.15, -0.1) is 0 Å². The molecule has 0 N–H and O–H groups in total. The lowest BCUT2D eigenvalue weighted by atomic mass is 9.47. The fourth-order valence-electron chi connectivity index (χ4n) is 9.11. The number of fused-ring (bicyclic) bond motifs is 5. The smallest absolute Gasteiger partial charge is 0.333 e. The van der Waals surface area contributed by atoms with E-state index < -0.39 is 0 Å². The summed E-state index contributed by atoms with van der Waals surface area (Å²) >= 11 is 0. The van der Waals surface area contributed by atoms with Gasteiger partial charge in [-0.2, -0.15) is 0 Å². The quantitative estimate of drug-likeness (QED) is 0.212. The minimum atomic E-state index is -0.127. The molecule has 34 heavy (non-hydrogen) atoms. The molecule has 8 atom stereocenters. The molecule has 0 radical (unpaired) electrons. The van der Waals surface area contributed by atoms with Crippen LogP contribution in [0, 0.1) is 46.3 Å². The van der Waals surface area contributed by atoms with Crippen LogP contribution in [-0.4, -0.2) is 12.1 Å². The summed E-state index contributed by atoms with van der Waals surface area (Å²) in [6.45, 7) is 16.3. The van der Waals surface area contributed by atoms with E-state index in [9.17, 15) is 4.79 Å². The van der Waals surface area contributed by atoms with Gasteiger partial charge in [-0.3, -0.25) is 0 Å². The van der Waals surface area contributed by atoms with Gasteiger partial charge in [-0.25, -0.2) is 4.79 Å². The van der Waals surface area contributed by atoms with Crippen LogP contribution in [-0.2, 0) is 9.53 Å². The van der Waals surface area contributed by atoms with Gasteiger partial charge in [0.1, 0.15) is 6.10 Å². The molecular weight excluding hydrogens is 416 g/mol. The number of hydrogen-bond donors (Lipinski definition) is 0. The lowest BCUT2D eigenvalue weighted by molar-refractivity contribution is -0.146. The first-order chi connectivity index (χ1) is 16.1. The number of allylic oxidation sites excluding steroid dienone is 2. The first-order valence-corrected chi connectivity index (χ1v) is 14.6. The number of hydrogen-bond acceptors (Lipinski definition) is 2. The second-order valence-electron chi connectivity index (χ2n) is 13.5. The Labute approximate surface area is 210 Å². The van der Waals surface area contributed by atoms with E-state index in [2.05, 4.69) is 40.7 Å². The Morgan fingerprint density at radius 1 is 1.09 bits per heavy atom. The summed E-state index contributed by atoms with van der Waals surface area (Å²) < 4.78 is 5.90. The number of rotatable bonds is 7. The molecule has 0 aromatic carbocycles. The molecule has 0 bridgehead atoms. The minimum absolute atomic E-state index is 0.0645. The molecule has 0 aromatic rings. The fraction of sp³-hybridized carbons (Fsp3) is 0.844. The van der Waals surface area contributed by atoms with E-state index in [-0.39, 0.29) is 12.1 Å². The van der Waals surface area contributed by atoms with Crippen LogP contribution in [0.15, 0.2) is 23.3 Å². The van der Waals surface area contributed by atoms with Crippen LogP contribution in [0.25, 0.3) is 0 Å². The molecule has 8 unspecified atom stereocenters. The number of carbonyl (C=O) groups is 1. The molecule has 3 fully saturated rings. The standard InChI is InChI=1S/C32H52O2/c1-8-22(4)30(33)34-25-16-18-31(6)24(20-25)12-13-26-28-15-14-27(23(5)11-9-10-21(2)3)32(28,7)19-17-29(26)31/h8,12,21,23,25-29H,9-11,13-20H2,1-7H3. The van der Waals surface area contributed by atoms with Crippen LogP contribution in [0.4, 0.5) is 0 Å². The third-order valence-electron chi connectivity index (χ3n) is 11.3. The van der Waals surface area contributed by atoms with Gasteiger partial charge in [0.25, 0.3) is 0 Å². The summed E-state index contributed by atoms with van der Waals surface area (Å²) in [5, 5.41) is 0. The van der Waals surface area contributed by atoms with Crippen LogP contribution in [0.2, 0.25) is 0 Å². The van der Waals surface area contributed by atoms with E-state index in [1.807, 2.05) is 19.9 Å². The Morgan fingerprint density at radius 2 is 1.85 bits per heavy atom. The van der Waals surface area contributed by atoms with E-state index in [0.29, 0.717) is 10.8 Å². The molecule has 3 saturated carbocycles. The predicted octanol–water partition coefficient (Wildman–Crippen LogP) is 8.91. The van der Waals surface area contributed by atoms with Gasteiger partial charge in [-0.1, -0.05) is 71.6 Å². The van der Waals surface area contributed by atoms with Crippen molar-refractivity contribution in [1.29, 1.82) is 0 Å². The van der Waals surface area contributed by atoms with Crippen molar-refractivity contribution < 1.29 is 9.53 Å². The average Bonchev–Trinajstić information content (AvgIpc) is 3.15. The van der Waals surface area contributed by atoms with Gasteiger partial charge in [0.05, 0.1) is 0 Å². The molecule has 4 aliphatic rings. The Kier molecular flexibility index (Phi) is 7.76. The lowest BCUT2D eigenvalue weighted by Crippen LogP contribution is -2.51. The lowest BCUT2D eigenvalue weighted by Gasteiger charge is -2.58. The molecule has 2 nitrogen and oxygen atoms in total. The first kappa shape index (κ1) is 26.0. The molecular formula is C32H52O2. The Balaban J connectivity index is 1.44. The van der Waals surface area contributed by atoms with E-state index >= 15 is 0 Å². The van der Waals surface area contributed by atoms with Crippen molar-refractivity contribution in [3.05, 3.63) is 23.3 Å². The minimum Gasteiger partial charge on any atom is -0.459 e. The van der Waals surface area contributed by atoms with E-state index in [0.717, 1.165) is 53.9 Å². The highest BCUT2D eigenvalue weighted by atomic mass is 16.5. The van der Waals surface area contributed by atoms with Gasteiger partial charge in [0.2, 0.25) is 0 Å². The average molecular weight is 469 g/mol. The maximum absolute atomic E-state index is 12.3. The summed E-state index contributed by atoms with van der Waals surface area (Å²) in [6, 6.07) is 0. The maximum atomic E-state index is 12.3. The number of carbonyl (C=O) groups excluding carboxylic acids is 1. The third kappa shape index (κ3) is 4.69. The zero-order valence-corrected chi connectivity index (χ0v) is 23.3. The second kappa shape index (κ2) is 10.1. The molecule has 4 aliphatic carbocycles. The van der Waals surface area contributed by atoms with Crippen LogP contribution in [0.5, 0.6) is 0 Å². The number of ether oxygens (including phenoxy) is 1. The van der Waals surface area contributed by atoms with E-state index in [1.54, 1.807) is 5.57 Å². The van der Waals surface area contributed by atoms with Gasteiger partial charge in [-0.05, 0) is 105 Å². The monoisotopic (exact) mass is 468 g/mol. The van der Waals surface area contributed by atoms with Gasteiger partial charge < -0.3 is 4.74 Å². The van der Waals surface area contributed by atoms with Crippen molar-refractivity contribution in [1.82, 2.24) is 0 Å². The Morgan fingerprint density at radius 3 is 2.56 bits per heavy atom. The fourth-order valence-corrected chi connectivity index (χ4v) is 9.11. The maximum Gasteiger partial charge on any atom is 0.333 e. The van der Waals surface area contributed by atoms with Crippen molar-refractivity contribution in [2.45, 2.75) is 125 Å². The van der Waals surface area contributed by atoms with Gasteiger partial charge in [0.15, 0.2) is 0 Å². The molecule has 0 spiro atoms. The topological polar surface area (TPSA) is 26.3 Å². The molecule has 0 amide bonds. The van der Waals surface area contributed by atoms with E-state index in [4.69, 9.17) is 4.74 Å². The summed E-state index contributed by atoms with van der Waals surface area (Å²) in [5.41, 5.74) is 3.21. The molecule has 0 saturated heterocycles. The van der Waals surface area contributed by atoms with Gasteiger partial charge >= 0.3 is 5.97 Å². The zero-order valence-electron chi connectivity index (χ0n) is 23.3. The molecule has 4 rings (SSSR count). The molecule has 0 heterocycles. The first-order valence-electron chi connectivity index (χ1n) is 14.6.